The average Bonchev–Trinajstić information content (AvgIpc) is 2.76. The highest BCUT2D eigenvalue weighted by Crippen LogP contribution is 2.15. The van der Waals surface area contributed by atoms with Crippen molar-refractivity contribution in [2.75, 3.05) is 13.6 Å². The zero-order valence-corrected chi connectivity index (χ0v) is 12.3. The predicted octanol–water partition coefficient (Wildman–Crippen LogP) is 3.40. The summed E-state index contributed by atoms with van der Waals surface area (Å²) >= 11 is 0. The zero-order chi connectivity index (χ0) is 13.4. The molecule has 3 heteroatoms. The lowest BCUT2D eigenvalue weighted by Gasteiger charge is -2.25. The number of furan rings is 1. The van der Waals surface area contributed by atoms with Gasteiger partial charge in [0.1, 0.15) is 5.76 Å². The van der Waals surface area contributed by atoms with Crippen LogP contribution < -0.4 is 5.32 Å². The molecule has 0 aliphatic rings. The van der Waals surface area contributed by atoms with E-state index in [0.717, 1.165) is 25.4 Å². The number of unbranched alkanes of at least 4 members (excludes halogenated alkanes) is 2. The molecular weight excluding hydrogens is 224 g/mol. The second kappa shape index (κ2) is 8.33. The van der Waals surface area contributed by atoms with Crippen LogP contribution in [0.1, 0.15) is 51.4 Å². The molecule has 1 N–H and O–H groups in total. The Morgan fingerprint density at radius 2 is 2.11 bits per heavy atom. The molecule has 0 unspecified atom stereocenters. The van der Waals surface area contributed by atoms with Crippen molar-refractivity contribution in [3.63, 3.8) is 0 Å². The van der Waals surface area contributed by atoms with Gasteiger partial charge in [-0.25, -0.2) is 0 Å². The van der Waals surface area contributed by atoms with Crippen LogP contribution >= 0.6 is 0 Å². The zero-order valence-electron chi connectivity index (χ0n) is 12.3. The molecule has 0 radical (unpaired) electrons. The van der Waals surface area contributed by atoms with Crippen molar-refractivity contribution in [1.29, 1.82) is 0 Å². The third-order valence-corrected chi connectivity index (χ3v) is 3.33. The number of nitrogens with one attached hydrogen (secondary N) is 1. The molecule has 0 aliphatic heterocycles. The lowest BCUT2D eigenvalue weighted by molar-refractivity contribution is 0.192. The molecule has 0 spiro atoms. The Balaban J connectivity index is 2.56. The molecule has 0 fully saturated rings. The van der Waals surface area contributed by atoms with Crippen molar-refractivity contribution in [3.8, 4) is 0 Å². The van der Waals surface area contributed by atoms with E-state index in [1.807, 2.05) is 7.05 Å². The van der Waals surface area contributed by atoms with Gasteiger partial charge in [-0.15, -0.1) is 0 Å². The van der Waals surface area contributed by atoms with Crippen molar-refractivity contribution >= 4 is 0 Å². The molecule has 0 aliphatic carbocycles. The predicted molar refractivity (Wildman–Crippen MR) is 76.5 cm³/mol. The van der Waals surface area contributed by atoms with Crippen LogP contribution in [0.25, 0.3) is 0 Å². The maximum atomic E-state index is 5.62. The molecule has 104 valence electrons. The lowest BCUT2D eigenvalue weighted by Crippen LogP contribution is -2.31. The van der Waals surface area contributed by atoms with E-state index in [1.54, 1.807) is 6.26 Å². The summed E-state index contributed by atoms with van der Waals surface area (Å²) in [4.78, 5) is 2.49. The second-order valence-electron chi connectivity index (χ2n) is 5.17. The van der Waals surface area contributed by atoms with Gasteiger partial charge in [-0.05, 0) is 39.9 Å². The Kier molecular flexibility index (Phi) is 7.06. The Morgan fingerprint density at radius 3 is 2.72 bits per heavy atom. The van der Waals surface area contributed by atoms with Crippen LogP contribution in [0.4, 0.5) is 0 Å². The molecule has 1 aromatic heterocycles. The first-order chi connectivity index (χ1) is 8.69. The fourth-order valence-electron chi connectivity index (χ4n) is 2.12. The molecule has 1 heterocycles. The Morgan fingerprint density at radius 1 is 1.33 bits per heavy atom. The summed E-state index contributed by atoms with van der Waals surface area (Å²) in [6.45, 7) is 9.72. The van der Waals surface area contributed by atoms with Gasteiger partial charge in [0, 0.05) is 18.2 Å². The van der Waals surface area contributed by atoms with E-state index in [9.17, 15) is 0 Å². The Bertz CT molecular complexity index is 320. The molecule has 1 aromatic rings. The van der Waals surface area contributed by atoms with Crippen LogP contribution in [0.3, 0.4) is 0 Å². The summed E-state index contributed by atoms with van der Waals surface area (Å²) in [6, 6.07) is 2.63. The Hall–Kier alpha value is -0.800. The highest BCUT2D eigenvalue weighted by Gasteiger charge is 2.14. The summed E-state index contributed by atoms with van der Waals surface area (Å²) < 4.78 is 5.62. The molecule has 0 aromatic carbocycles. The van der Waals surface area contributed by atoms with Crippen LogP contribution in [-0.2, 0) is 13.1 Å². The van der Waals surface area contributed by atoms with Gasteiger partial charge in [0.2, 0.25) is 0 Å². The molecule has 1 rings (SSSR count). The minimum absolute atomic E-state index is 0.564. The van der Waals surface area contributed by atoms with Gasteiger partial charge in [-0.2, -0.15) is 0 Å². The van der Waals surface area contributed by atoms with Crippen molar-refractivity contribution in [1.82, 2.24) is 10.2 Å². The fourth-order valence-corrected chi connectivity index (χ4v) is 2.12. The van der Waals surface area contributed by atoms with Crippen molar-refractivity contribution < 1.29 is 4.42 Å². The number of nitrogens with zero attached hydrogens (tertiary/aromatic N) is 1. The second-order valence-corrected chi connectivity index (χ2v) is 5.17. The maximum absolute atomic E-state index is 5.62. The summed E-state index contributed by atoms with van der Waals surface area (Å²) in [5.74, 6) is 1.11. The fraction of sp³-hybridized carbons (Fsp3) is 0.733. The Labute approximate surface area is 112 Å². The first-order valence-corrected chi connectivity index (χ1v) is 7.12. The van der Waals surface area contributed by atoms with E-state index in [0.29, 0.717) is 6.04 Å². The maximum Gasteiger partial charge on any atom is 0.122 e. The summed E-state index contributed by atoms with van der Waals surface area (Å²) in [5, 5.41) is 3.19. The van der Waals surface area contributed by atoms with Crippen LogP contribution in [0.15, 0.2) is 16.7 Å². The SMILES string of the molecule is CCCCCN(Cc1occc1CNC)C(C)C. The van der Waals surface area contributed by atoms with E-state index in [-0.39, 0.29) is 0 Å². The van der Waals surface area contributed by atoms with Crippen molar-refractivity contribution in [3.05, 3.63) is 23.7 Å². The highest BCUT2D eigenvalue weighted by molar-refractivity contribution is 5.16. The smallest absolute Gasteiger partial charge is 0.122 e. The van der Waals surface area contributed by atoms with Crippen LogP contribution in [-0.4, -0.2) is 24.5 Å². The summed E-state index contributed by atoms with van der Waals surface area (Å²) in [7, 11) is 1.97. The molecule has 0 amide bonds. The molecule has 0 bridgehead atoms. The topological polar surface area (TPSA) is 28.4 Å². The quantitative estimate of drug-likeness (QED) is 0.683. The van der Waals surface area contributed by atoms with Gasteiger partial charge in [0.05, 0.1) is 12.8 Å². The van der Waals surface area contributed by atoms with Gasteiger partial charge >= 0.3 is 0 Å². The van der Waals surface area contributed by atoms with Gasteiger partial charge in [-0.1, -0.05) is 19.8 Å². The first-order valence-electron chi connectivity index (χ1n) is 7.12. The van der Waals surface area contributed by atoms with Crippen molar-refractivity contribution in [2.24, 2.45) is 0 Å². The summed E-state index contributed by atoms with van der Waals surface area (Å²) in [6.07, 6.45) is 5.66. The van der Waals surface area contributed by atoms with Crippen LogP contribution in [0.2, 0.25) is 0 Å². The molecule has 3 nitrogen and oxygen atoms in total. The number of hydrogen-bond donors (Lipinski definition) is 1. The first kappa shape index (κ1) is 15.3. The normalized spacial score (nSPS) is 11.7. The third-order valence-electron chi connectivity index (χ3n) is 3.33. The van der Waals surface area contributed by atoms with Gasteiger partial charge in [-0.3, -0.25) is 4.90 Å². The monoisotopic (exact) mass is 252 g/mol. The molecule has 18 heavy (non-hydrogen) atoms. The van der Waals surface area contributed by atoms with Crippen LogP contribution in [0.5, 0.6) is 0 Å². The molecular formula is C15H28N2O. The average molecular weight is 252 g/mol. The van der Waals surface area contributed by atoms with E-state index < -0.39 is 0 Å². The lowest BCUT2D eigenvalue weighted by atomic mass is 10.2. The molecule has 0 atom stereocenters. The molecule has 0 saturated heterocycles. The number of hydrogen-bond acceptors (Lipinski definition) is 3. The van der Waals surface area contributed by atoms with Crippen LogP contribution in [0, 0.1) is 0 Å². The van der Waals surface area contributed by atoms with E-state index >= 15 is 0 Å². The highest BCUT2D eigenvalue weighted by atomic mass is 16.3. The summed E-state index contributed by atoms with van der Waals surface area (Å²) in [5.41, 5.74) is 1.28. The van der Waals surface area contributed by atoms with E-state index in [1.165, 1.54) is 24.8 Å². The molecule has 0 saturated carbocycles. The number of rotatable bonds is 9. The standard InChI is InChI=1S/C15H28N2O/c1-5-6-7-9-17(13(2)3)12-15-14(11-16-4)8-10-18-15/h8,10,13,16H,5-7,9,11-12H2,1-4H3. The van der Waals surface area contributed by atoms with Crippen molar-refractivity contribution in [2.45, 2.75) is 59.2 Å². The van der Waals surface area contributed by atoms with Gasteiger partial charge in [0.15, 0.2) is 0 Å². The van der Waals surface area contributed by atoms with E-state index in [2.05, 4.69) is 37.1 Å². The van der Waals surface area contributed by atoms with E-state index in [4.69, 9.17) is 4.42 Å². The van der Waals surface area contributed by atoms with Gasteiger partial charge < -0.3 is 9.73 Å². The third kappa shape index (κ3) is 4.83. The largest absolute Gasteiger partial charge is 0.468 e. The minimum Gasteiger partial charge on any atom is -0.468 e. The minimum atomic E-state index is 0.564. The van der Waals surface area contributed by atoms with Gasteiger partial charge in [0.25, 0.3) is 0 Å².